The van der Waals surface area contributed by atoms with E-state index in [2.05, 4.69) is 10.5 Å². The van der Waals surface area contributed by atoms with E-state index in [1.165, 1.54) is 6.26 Å². The number of hydrogen-bond donors (Lipinski definition) is 1. The van der Waals surface area contributed by atoms with E-state index < -0.39 is 5.97 Å². The van der Waals surface area contributed by atoms with Gasteiger partial charge in [-0.3, -0.25) is 5.43 Å². The lowest BCUT2D eigenvalue weighted by molar-refractivity contribution is 0.0701. The van der Waals surface area contributed by atoms with Gasteiger partial charge in [0.2, 0.25) is 5.76 Å². The predicted molar refractivity (Wildman–Crippen MR) is 87.8 cm³/mol. The molecule has 0 amide bonds. The number of hydrogen-bond acceptors (Lipinski definition) is 5. The number of para-hydroxylation sites is 1. The standard InChI is InChI=1S/C18H14N2O3/c21-18(17-10-5-11-22-17)23-16-9-4-6-14(12-16)13-19-20-15-7-2-1-3-8-15/h1-13,20H. The van der Waals surface area contributed by atoms with E-state index in [0.29, 0.717) is 5.75 Å². The van der Waals surface area contributed by atoms with Crippen LogP contribution in [0.15, 0.2) is 82.5 Å². The molecule has 5 nitrogen and oxygen atoms in total. The molecule has 3 aromatic rings. The van der Waals surface area contributed by atoms with E-state index in [1.807, 2.05) is 36.4 Å². The molecule has 1 N–H and O–H groups in total. The maximum Gasteiger partial charge on any atom is 0.379 e. The van der Waals surface area contributed by atoms with Gasteiger partial charge in [0.15, 0.2) is 0 Å². The average molecular weight is 306 g/mol. The molecule has 0 spiro atoms. The SMILES string of the molecule is O=C(Oc1cccc(C=NNc2ccccc2)c1)c1ccco1. The second-order valence-corrected chi connectivity index (χ2v) is 4.68. The summed E-state index contributed by atoms with van der Waals surface area (Å²) in [5.74, 6) is 0.0522. The number of carbonyl (C=O) groups excluding carboxylic acids is 1. The molecule has 0 unspecified atom stereocenters. The number of carbonyl (C=O) groups is 1. The highest BCUT2D eigenvalue weighted by Gasteiger charge is 2.11. The Bertz CT molecular complexity index is 796. The van der Waals surface area contributed by atoms with Crippen LogP contribution < -0.4 is 10.2 Å². The Morgan fingerprint density at radius 3 is 2.70 bits per heavy atom. The lowest BCUT2D eigenvalue weighted by atomic mass is 10.2. The largest absolute Gasteiger partial charge is 0.457 e. The number of nitrogens with one attached hydrogen (secondary N) is 1. The molecule has 0 fully saturated rings. The second-order valence-electron chi connectivity index (χ2n) is 4.68. The van der Waals surface area contributed by atoms with Crippen molar-refractivity contribution in [2.75, 3.05) is 5.43 Å². The van der Waals surface area contributed by atoms with Crippen molar-refractivity contribution in [1.82, 2.24) is 0 Å². The van der Waals surface area contributed by atoms with Gasteiger partial charge in [-0.2, -0.15) is 5.10 Å². The van der Waals surface area contributed by atoms with E-state index in [9.17, 15) is 4.79 Å². The highest BCUT2D eigenvalue weighted by atomic mass is 16.5. The molecular formula is C18H14N2O3. The van der Waals surface area contributed by atoms with Crippen molar-refractivity contribution in [3.8, 4) is 5.75 Å². The summed E-state index contributed by atoms with van der Waals surface area (Å²) < 4.78 is 10.3. The maximum absolute atomic E-state index is 11.8. The molecule has 1 aromatic heterocycles. The molecule has 5 heteroatoms. The van der Waals surface area contributed by atoms with Crippen molar-refractivity contribution < 1.29 is 13.9 Å². The Labute approximate surface area is 133 Å². The lowest BCUT2D eigenvalue weighted by Crippen LogP contribution is -2.07. The van der Waals surface area contributed by atoms with Gasteiger partial charge in [-0.05, 0) is 42.0 Å². The molecule has 2 aromatic carbocycles. The molecule has 0 saturated carbocycles. The van der Waals surface area contributed by atoms with Gasteiger partial charge in [0, 0.05) is 0 Å². The number of nitrogens with zero attached hydrogens (tertiary/aromatic N) is 1. The van der Waals surface area contributed by atoms with Gasteiger partial charge in [-0.25, -0.2) is 4.79 Å². The molecule has 0 aliphatic heterocycles. The van der Waals surface area contributed by atoms with Crippen molar-refractivity contribution in [2.24, 2.45) is 5.10 Å². The lowest BCUT2D eigenvalue weighted by Gasteiger charge is -2.03. The van der Waals surface area contributed by atoms with Crippen LogP contribution in [0.25, 0.3) is 0 Å². The maximum atomic E-state index is 11.8. The summed E-state index contributed by atoms with van der Waals surface area (Å²) in [7, 11) is 0. The van der Waals surface area contributed by atoms with Gasteiger partial charge >= 0.3 is 5.97 Å². The zero-order chi connectivity index (χ0) is 15.9. The second kappa shape index (κ2) is 7.09. The van der Waals surface area contributed by atoms with Crippen LogP contribution >= 0.6 is 0 Å². The Hall–Kier alpha value is -3.34. The fraction of sp³-hybridized carbons (Fsp3) is 0. The summed E-state index contributed by atoms with van der Waals surface area (Å²) in [5.41, 5.74) is 4.62. The summed E-state index contributed by atoms with van der Waals surface area (Å²) >= 11 is 0. The van der Waals surface area contributed by atoms with Crippen molar-refractivity contribution in [2.45, 2.75) is 0 Å². The van der Waals surface area contributed by atoms with Crippen LogP contribution in [0.1, 0.15) is 16.1 Å². The van der Waals surface area contributed by atoms with Crippen LogP contribution in [0.4, 0.5) is 5.69 Å². The summed E-state index contributed by atoms with van der Waals surface area (Å²) in [5, 5.41) is 4.15. The molecule has 0 aliphatic carbocycles. The smallest absolute Gasteiger partial charge is 0.379 e. The first-order chi connectivity index (χ1) is 11.3. The summed E-state index contributed by atoms with van der Waals surface area (Å²) in [6, 6.07) is 19.9. The van der Waals surface area contributed by atoms with Gasteiger partial charge in [0.25, 0.3) is 0 Å². The van der Waals surface area contributed by atoms with Gasteiger partial charge in [0.05, 0.1) is 18.2 Å². The van der Waals surface area contributed by atoms with Crippen molar-refractivity contribution >= 4 is 17.9 Å². The van der Waals surface area contributed by atoms with Crippen LogP contribution in [0.2, 0.25) is 0 Å². The molecule has 0 atom stereocenters. The molecule has 0 bridgehead atoms. The zero-order valence-corrected chi connectivity index (χ0v) is 12.2. The van der Waals surface area contributed by atoms with E-state index in [1.54, 1.807) is 36.5 Å². The first-order valence-corrected chi connectivity index (χ1v) is 7.01. The van der Waals surface area contributed by atoms with Gasteiger partial charge in [-0.1, -0.05) is 30.3 Å². The third-order valence-corrected chi connectivity index (χ3v) is 2.97. The summed E-state index contributed by atoms with van der Waals surface area (Å²) in [6.45, 7) is 0. The topological polar surface area (TPSA) is 63.8 Å². The minimum atomic E-state index is -0.536. The number of esters is 1. The number of hydrazone groups is 1. The van der Waals surface area contributed by atoms with Crippen LogP contribution in [-0.4, -0.2) is 12.2 Å². The highest BCUT2D eigenvalue weighted by molar-refractivity contribution is 5.88. The Kier molecular flexibility index (Phi) is 4.49. The zero-order valence-electron chi connectivity index (χ0n) is 12.2. The molecule has 3 rings (SSSR count). The first-order valence-electron chi connectivity index (χ1n) is 7.01. The molecule has 114 valence electrons. The number of furan rings is 1. The molecule has 23 heavy (non-hydrogen) atoms. The normalized spacial score (nSPS) is 10.6. The van der Waals surface area contributed by atoms with Gasteiger partial charge < -0.3 is 9.15 Å². The van der Waals surface area contributed by atoms with Crippen molar-refractivity contribution in [3.63, 3.8) is 0 Å². The first kappa shape index (κ1) is 14.6. The number of benzene rings is 2. The third kappa shape index (κ3) is 4.07. The predicted octanol–water partition coefficient (Wildman–Crippen LogP) is 3.94. The van der Waals surface area contributed by atoms with Crippen LogP contribution in [0.5, 0.6) is 5.75 Å². The summed E-state index contributed by atoms with van der Waals surface area (Å²) in [4.78, 5) is 11.8. The van der Waals surface area contributed by atoms with Gasteiger partial charge in [0.1, 0.15) is 5.75 Å². The van der Waals surface area contributed by atoms with Gasteiger partial charge in [-0.15, -0.1) is 0 Å². The monoisotopic (exact) mass is 306 g/mol. The Morgan fingerprint density at radius 2 is 1.91 bits per heavy atom. The third-order valence-electron chi connectivity index (χ3n) is 2.97. The fourth-order valence-electron chi connectivity index (χ4n) is 1.90. The van der Waals surface area contributed by atoms with Crippen LogP contribution in [0, 0.1) is 0 Å². The molecule has 1 heterocycles. The average Bonchev–Trinajstić information content (AvgIpc) is 3.11. The molecule has 0 radical (unpaired) electrons. The van der Waals surface area contributed by atoms with Crippen LogP contribution in [-0.2, 0) is 0 Å². The number of ether oxygens (including phenoxy) is 1. The number of anilines is 1. The highest BCUT2D eigenvalue weighted by Crippen LogP contribution is 2.15. The summed E-state index contributed by atoms with van der Waals surface area (Å²) in [6.07, 6.45) is 3.08. The fourth-order valence-corrected chi connectivity index (χ4v) is 1.90. The quantitative estimate of drug-likeness (QED) is 0.335. The Balaban J connectivity index is 1.64. The van der Waals surface area contributed by atoms with E-state index in [-0.39, 0.29) is 5.76 Å². The van der Waals surface area contributed by atoms with Crippen molar-refractivity contribution in [1.29, 1.82) is 0 Å². The van der Waals surface area contributed by atoms with E-state index >= 15 is 0 Å². The van der Waals surface area contributed by atoms with Crippen molar-refractivity contribution in [3.05, 3.63) is 84.3 Å². The van der Waals surface area contributed by atoms with E-state index in [0.717, 1.165) is 11.3 Å². The Morgan fingerprint density at radius 1 is 1.04 bits per heavy atom. The van der Waals surface area contributed by atoms with E-state index in [4.69, 9.17) is 9.15 Å². The molecule has 0 aliphatic rings. The molecular weight excluding hydrogens is 292 g/mol. The minimum Gasteiger partial charge on any atom is -0.457 e. The number of rotatable bonds is 5. The minimum absolute atomic E-state index is 0.162. The molecule has 0 saturated heterocycles. The van der Waals surface area contributed by atoms with Crippen LogP contribution in [0.3, 0.4) is 0 Å².